The zero-order valence-corrected chi connectivity index (χ0v) is 10.3. The first-order chi connectivity index (χ1) is 8.45. The molecule has 1 rings (SSSR count). The summed E-state index contributed by atoms with van der Waals surface area (Å²) in [6, 6.07) is 7.35. The third-order valence-corrected chi connectivity index (χ3v) is 3.92. The number of benzene rings is 1. The van der Waals surface area contributed by atoms with Gasteiger partial charge in [0.05, 0.1) is 28.8 Å². The van der Waals surface area contributed by atoms with Crippen LogP contribution in [0, 0.1) is 11.3 Å². The average Bonchev–Trinajstić information content (AvgIpc) is 2.34. The van der Waals surface area contributed by atoms with E-state index in [1.807, 2.05) is 6.07 Å². The molecule has 0 aliphatic heterocycles. The van der Waals surface area contributed by atoms with Gasteiger partial charge in [-0.3, -0.25) is 0 Å². The number of halogens is 2. The highest BCUT2D eigenvalue weighted by molar-refractivity contribution is 7.91. The molecule has 0 aliphatic rings. The second kappa shape index (κ2) is 6.42. The molecule has 0 radical (unpaired) electrons. The van der Waals surface area contributed by atoms with Crippen LogP contribution in [0.3, 0.4) is 0 Å². The molecular formula is C11H12F2N2O2S. The SMILES string of the molecule is N#Cc1ccc(S(=O)(=O)CCNCC(F)F)cc1. The fourth-order valence-corrected chi connectivity index (χ4v) is 2.47. The van der Waals surface area contributed by atoms with Gasteiger partial charge in [-0.1, -0.05) is 0 Å². The molecule has 0 unspecified atom stereocenters. The standard InChI is InChI=1S/C11H12F2N2O2S/c12-11(13)8-15-5-6-18(16,17)10-3-1-9(7-14)2-4-10/h1-4,11,15H,5-6,8H2. The zero-order chi connectivity index (χ0) is 13.6. The quantitative estimate of drug-likeness (QED) is 0.791. The number of nitriles is 1. The summed E-state index contributed by atoms with van der Waals surface area (Å²) >= 11 is 0. The maximum atomic E-state index is 11.8. The predicted molar refractivity (Wildman–Crippen MR) is 62.1 cm³/mol. The van der Waals surface area contributed by atoms with E-state index in [1.54, 1.807) is 0 Å². The molecule has 0 spiro atoms. The Balaban J connectivity index is 2.60. The summed E-state index contributed by atoms with van der Waals surface area (Å²) in [7, 11) is -3.50. The van der Waals surface area contributed by atoms with Crippen LogP contribution in [0.15, 0.2) is 29.2 Å². The molecule has 0 heterocycles. The van der Waals surface area contributed by atoms with Crippen molar-refractivity contribution in [2.24, 2.45) is 0 Å². The molecule has 1 aromatic rings. The second-order valence-corrected chi connectivity index (χ2v) is 5.66. The third-order valence-electron chi connectivity index (χ3n) is 2.19. The minimum atomic E-state index is -3.50. The second-order valence-electron chi connectivity index (χ2n) is 3.55. The van der Waals surface area contributed by atoms with Gasteiger partial charge in [0.25, 0.3) is 6.43 Å². The van der Waals surface area contributed by atoms with E-state index in [0.29, 0.717) is 5.56 Å². The van der Waals surface area contributed by atoms with Gasteiger partial charge < -0.3 is 5.32 Å². The number of hydrogen-bond acceptors (Lipinski definition) is 4. The van der Waals surface area contributed by atoms with Gasteiger partial charge in [-0.25, -0.2) is 17.2 Å². The largest absolute Gasteiger partial charge is 0.310 e. The highest BCUT2D eigenvalue weighted by atomic mass is 32.2. The van der Waals surface area contributed by atoms with Crippen LogP contribution < -0.4 is 5.32 Å². The van der Waals surface area contributed by atoms with Crippen LogP contribution in [0.25, 0.3) is 0 Å². The van der Waals surface area contributed by atoms with Crippen molar-refractivity contribution in [1.82, 2.24) is 5.32 Å². The molecule has 0 fully saturated rings. The Morgan fingerprint density at radius 1 is 1.28 bits per heavy atom. The number of alkyl halides is 2. The molecule has 18 heavy (non-hydrogen) atoms. The zero-order valence-electron chi connectivity index (χ0n) is 9.44. The van der Waals surface area contributed by atoms with Crippen molar-refractivity contribution in [3.63, 3.8) is 0 Å². The monoisotopic (exact) mass is 274 g/mol. The minimum Gasteiger partial charge on any atom is -0.310 e. The minimum absolute atomic E-state index is 0.0350. The van der Waals surface area contributed by atoms with Crippen LogP contribution >= 0.6 is 0 Å². The van der Waals surface area contributed by atoms with Crippen LogP contribution in [-0.4, -0.2) is 33.7 Å². The summed E-state index contributed by atoms with van der Waals surface area (Å²) in [4.78, 5) is 0.0837. The first-order valence-corrected chi connectivity index (χ1v) is 6.83. The lowest BCUT2D eigenvalue weighted by molar-refractivity contribution is 0.147. The number of hydrogen-bond donors (Lipinski definition) is 1. The van der Waals surface area contributed by atoms with Gasteiger partial charge >= 0.3 is 0 Å². The Morgan fingerprint density at radius 2 is 1.89 bits per heavy atom. The van der Waals surface area contributed by atoms with Gasteiger partial charge in [0.15, 0.2) is 9.84 Å². The summed E-state index contributed by atoms with van der Waals surface area (Å²) in [6.07, 6.45) is -2.50. The number of nitrogens with one attached hydrogen (secondary N) is 1. The highest BCUT2D eigenvalue weighted by Crippen LogP contribution is 2.11. The van der Waals surface area contributed by atoms with Crippen molar-refractivity contribution < 1.29 is 17.2 Å². The van der Waals surface area contributed by atoms with Crippen LogP contribution in [0.5, 0.6) is 0 Å². The molecule has 1 N–H and O–H groups in total. The fraction of sp³-hybridized carbons (Fsp3) is 0.364. The van der Waals surface area contributed by atoms with Crippen molar-refractivity contribution in [2.45, 2.75) is 11.3 Å². The Hall–Kier alpha value is -1.52. The molecule has 7 heteroatoms. The van der Waals surface area contributed by atoms with Gasteiger partial charge in [0.1, 0.15) is 0 Å². The molecule has 0 saturated heterocycles. The molecule has 0 bridgehead atoms. The van der Waals surface area contributed by atoms with E-state index in [4.69, 9.17) is 5.26 Å². The van der Waals surface area contributed by atoms with E-state index in [1.165, 1.54) is 24.3 Å². The highest BCUT2D eigenvalue weighted by Gasteiger charge is 2.14. The molecule has 0 aromatic heterocycles. The fourth-order valence-electron chi connectivity index (χ4n) is 1.27. The van der Waals surface area contributed by atoms with E-state index in [9.17, 15) is 17.2 Å². The smallest absolute Gasteiger partial charge is 0.250 e. The Morgan fingerprint density at radius 3 is 2.39 bits per heavy atom. The summed E-state index contributed by atoms with van der Waals surface area (Å²) < 4.78 is 47.2. The van der Waals surface area contributed by atoms with Crippen molar-refractivity contribution in [3.05, 3.63) is 29.8 Å². The van der Waals surface area contributed by atoms with Gasteiger partial charge in [-0.15, -0.1) is 0 Å². The number of rotatable bonds is 6. The van der Waals surface area contributed by atoms with Crippen LogP contribution in [0.1, 0.15) is 5.56 Å². The van der Waals surface area contributed by atoms with Crippen LogP contribution in [0.2, 0.25) is 0 Å². The maximum Gasteiger partial charge on any atom is 0.250 e. The third kappa shape index (κ3) is 4.39. The molecule has 0 saturated carbocycles. The van der Waals surface area contributed by atoms with E-state index in [-0.39, 0.29) is 17.2 Å². The Labute approximate surface area is 104 Å². The lowest BCUT2D eigenvalue weighted by Gasteiger charge is -2.06. The van der Waals surface area contributed by atoms with Gasteiger partial charge in [-0.2, -0.15) is 5.26 Å². The number of sulfone groups is 1. The van der Waals surface area contributed by atoms with E-state index in [0.717, 1.165) is 0 Å². The maximum absolute atomic E-state index is 11.8. The molecule has 0 atom stereocenters. The lowest BCUT2D eigenvalue weighted by atomic mass is 10.2. The number of nitrogens with zero attached hydrogens (tertiary/aromatic N) is 1. The summed E-state index contributed by atoms with van der Waals surface area (Å²) in [5.41, 5.74) is 0.366. The first-order valence-electron chi connectivity index (χ1n) is 5.17. The van der Waals surface area contributed by atoms with Gasteiger partial charge in [-0.05, 0) is 24.3 Å². The van der Waals surface area contributed by atoms with Crippen LogP contribution in [0.4, 0.5) is 8.78 Å². The van der Waals surface area contributed by atoms with Crippen molar-refractivity contribution in [3.8, 4) is 6.07 Å². The van der Waals surface area contributed by atoms with Crippen molar-refractivity contribution in [2.75, 3.05) is 18.8 Å². The predicted octanol–water partition coefficient (Wildman–Crippen LogP) is 1.19. The van der Waals surface area contributed by atoms with E-state index in [2.05, 4.69) is 5.32 Å². The normalized spacial score (nSPS) is 11.4. The topological polar surface area (TPSA) is 70.0 Å². The summed E-state index contributed by atoms with van der Waals surface area (Å²) in [6.45, 7) is -0.560. The van der Waals surface area contributed by atoms with Crippen LogP contribution in [-0.2, 0) is 9.84 Å². The Kier molecular flexibility index (Phi) is 5.19. The molecule has 4 nitrogen and oxygen atoms in total. The first kappa shape index (κ1) is 14.5. The molecule has 0 aliphatic carbocycles. The molecule has 98 valence electrons. The van der Waals surface area contributed by atoms with E-state index < -0.39 is 22.8 Å². The average molecular weight is 274 g/mol. The summed E-state index contributed by atoms with van der Waals surface area (Å²) in [5, 5.41) is 10.9. The summed E-state index contributed by atoms with van der Waals surface area (Å²) in [5.74, 6) is -0.258. The van der Waals surface area contributed by atoms with Gasteiger partial charge in [0, 0.05) is 6.54 Å². The lowest BCUT2D eigenvalue weighted by Crippen LogP contribution is -2.27. The molecule has 1 aromatic carbocycles. The van der Waals surface area contributed by atoms with Crippen molar-refractivity contribution >= 4 is 9.84 Å². The van der Waals surface area contributed by atoms with Crippen molar-refractivity contribution in [1.29, 1.82) is 5.26 Å². The molecular weight excluding hydrogens is 262 g/mol. The van der Waals surface area contributed by atoms with Gasteiger partial charge in [0.2, 0.25) is 0 Å². The Bertz CT molecular complexity index is 521. The van der Waals surface area contributed by atoms with E-state index >= 15 is 0 Å². The molecule has 0 amide bonds.